The summed E-state index contributed by atoms with van der Waals surface area (Å²) >= 11 is 0. The Kier molecular flexibility index (Phi) is 5.16. The van der Waals surface area contributed by atoms with Crippen LogP contribution in [0.15, 0.2) is 48.5 Å². The molecule has 1 heterocycles. The van der Waals surface area contributed by atoms with Gasteiger partial charge in [-0.05, 0) is 55.5 Å². The number of nitrogens with one attached hydrogen (secondary N) is 1. The van der Waals surface area contributed by atoms with Gasteiger partial charge in [0.15, 0.2) is 0 Å². The molecule has 2 fully saturated rings. The van der Waals surface area contributed by atoms with Crippen molar-refractivity contribution in [2.75, 3.05) is 13.1 Å². The molecule has 2 aliphatic rings. The monoisotopic (exact) mass is 380 g/mol. The third kappa shape index (κ3) is 4.08. The van der Waals surface area contributed by atoms with Gasteiger partial charge in [-0.2, -0.15) is 0 Å². The summed E-state index contributed by atoms with van der Waals surface area (Å²) in [6.45, 7) is 2.70. The van der Waals surface area contributed by atoms with E-state index in [2.05, 4.69) is 5.32 Å². The second-order valence-electron chi connectivity index (χ2n) is 8.00. The van der Waals surface area contributed by atoms with Crippen molar-refractivity contribution >= 4 is 11.8 Å². The molecular formula is C23H25FN2O2. The van der Waals surface area contributed by atoms with E-state index in [9.17, 15) is 14.0 Å². The van der Waals surface area contributed by atoms with Crippen LogP contribution < -0.4 is 5.32 Å². The molecule has 1 aliphatic heterocycles. The van der Waals surface area contributed by atoms with Gasteiger partial charge >= 0.3 is 0 Å². The summed E-state index contributed by atoms with van der Waals surface area (Å²) in [5.74, 6) is -0.516. The standard InChI is InChI=1S/C23H25FN2O2/c1-15-11-17(7-10-21(15)24)18-12-19(22(27)25-20-8-9-20)14-26(13-18)23(28)16-5-3-2-4-6-16/h2-7,10-11,18-20H,8-9,12-14H2,1H3,(H,25,27)/t18-,19+/m1/s1. The molecule has 1 saturated carbocycles. The Labute approximate surface area is 164 Å². The second kappa shape index (κ2) is 7.74. The Morgan fingerprint density at radius 2 is 1.82 bits per heavy atom. The van der Waals surface area contributed by atoms with Gasteiger partial charge in [0.1, 0.15) is 5.82 Å². The summed E-state index contributed by atoms with van der Waals surface area (Å²) in [6, 6.07) is 14.5. The van der Waals surface area contributed by atoms with Gasteiger partial charge < -0.3 is 10.2 Å². The number of hydrogen-bond donors (Lipinski definition) is 1. The Morgan fingerprint density at radius 3 is 2.50 bits per heavy atom. The third-order valence-corrected chi connectivity index (χ3v) is 5.71. The number of carbonyl (C=O) groups excluding carboxylic acids is 2. The van der Waals surface area contributed by atoms with Crippen molar-refractivity contribution in [2.24, 2.45) is 5.92 Å². The molecule has 2 atom stereocenters. The Balaban J connectivity index is 1.59. The van der Waals surface area contributed by atoms with Crippen molar-refractivity contribution in [1.29, 1.82) is 0 Å². The van der Waals surface area contributed by atoms with Gasteiger partial charge in [0.2, 0.25) is 5.91 Å². The molecule has 146 valence electrons. The number of carbonyl (C=O) groups is 2. The van der Waals surface area contributed by atoms with Crippen molar-refractivity contribution < 1.29 is 14.0 Å². The molecular weight excluding hydrogens is 355 g/mol. The number of rotatable bonds is 4. The minimum atomic E-state index is -0.252. The highest BCUT2D eigenvalue weighted by atomic mass is 19.1. The van der Waals surface area contributed by atoms with Crippen molar-refractivity contribution in [1.82, 2.24) is 10.2 Å². The molecule has 4 rings (SSSR count). The highest BCUT2D eigenvalue weighted by Gasteiger charge is 2.36. The third-order valence-electron chi connectivity index (χ3n) is 5.71. The van der Waals surface area contributed by atoms with E-state index in [4.69, 9.17) is 0 Å². The molecule has 5 heteroatoms. The van der Waals surface area contributed by atoms with Crippen LogP contribution in [0, 0.1) is 18.7 Å². The normalized spacial score (nSPS) is 22.0. The van der Waals surface area contributed by atoms with E-state index in [1.807, 2.05) is 24.3 Å². The Morgan fingerprint density at radius 1 is 1.07 bits per heavy atom. The summed E-state index contributed by atoms with van der Waals surface area (Å²) < 4.78 is 13.7. The predicted molar refractivity (Wildman–Crippen MR) is 105 cm³/mol. The first-order chi connectivity index (χ1) is 13.5. The van der Waals surface area contributed by atoms with Crippen molar-refractivity contribution in [3.05, 3.63) is 71.0 Å². The maximum atomic E-state index is 13.7. The number of nitrogens with zero attached hydrogens (tertiary/aromatic N) is 1. The van der Waals surface area contributed by atoms with Gasteiger partial charge in [-0.3, -0.25) is 9.59 Å². The van der Waals surface area contributed by atoms with Crippen LogP contribution in [0.4, 0.5) is 4.39 Å². The quantitative estimate of drug-likeness (QED) is 0.880. The van der Waals surface area contributed by atoms with Crippen LogP contribution in [0.2, 0.25) is 0 Å². The Hall–Kier alpha value is -2.69. The van der Waals surface area contributed by atoms with Gasteiger partial charge in [-0.15, -0.1) is 0 Å². The summed E-state index contributed by atoms with van der Waals surface area (Å²) in [7, 11) is 0. The van der Waals surface area contributed by atoms with Gasteiger partial charge in [0, 0.05) is 30.6 Å². The first-order valence-corrected chi connectivity index (χ1v) is 9.92. The number of amides is 2. The SMILES string of the molecule is Cc1cc([C@@H]2C[C@H](C(=O)NC3CC3)CN(C(=O)c3ccccc3)C2)ccc1F. The van der Waals surface area contributed by atoms with Crippen molar-refractivity contribution in [2.45, 2.75) is 38.1 Å². The maximum Gasteiger partial charge on any atom is 0.253 e. The number of piperidine rings is 1. The van der Waals surface area contributed by atoms with Gasteiger partial charge in [0.05, 0.1) is 5.92 Å². The smallest absolute Gasteiger partial charge is 0.253 e. The van der Waals surface area contributed by atoms with E-state index in [-0.39, 0.29) is 29.5 Å². The fraction of sp³-hybridized carbons (Fsp3) is 0.391. The van der Waals surface area contributed by atoms with E-state index in [1.165, 1.54) is 6.07 Å². The van der Waals surface area contributed by atoms with Crippen LogP contribution in [0.25, 0.3) is 0 Å². The molecule has 2 aromatic carbocycles. The van der Waals surface area contributed by atoms with Crippen LogP contribution in [0.5, 0.6) is 0 Å². The summed E-state index contributed by atoms with van der Waals surface area (Å²) in [4.78, 5) is 27.6. The molecule has 1 saturated heterocycles. The highest BCUT2D eigenvalue weighted by molar-refractivity contribution is 5.94. The summed E-state index contributed by atoms with van der Waals surface area (Å²) in [6.07, 6.45) is 2.74. The first-order valence-electron chi connectivity index (χ1n) is 9.92. The highest BCUT2D eigenvalue weighted by Crippen LogP contribution is 2.33. The fourth-order valence-corrected chi connectivity index (χ4v) is 3.93. The Bertz CT molecular complexity index is 879. The van der Waals surface area contributed by atoms with E-state index in [0.717, 1.165) is 18.4 Å². The van der Waals surface area contributed by atoms with E-state index in [1.54, 1.807) is 30.0 Å². The topological polar surface area (TPSA) is 49.4 Å². The molecule has 2 amide bonds. The van der Waals surface area contributed by atoms with Gasteiger partial charge in [-0.1, -0.05) is 30.3 Å². The average Bonchev–Trinajstić information content (AvgIpc) is 3.53. The lowest BCUT2D eigenvalue weighted by Gasteiger charge is -2.37. The van der Waals surface area contributed by atoms with Crippen LogP contribution in [0.1, 0.15) is 46.7 Å². The maximum absolute atomic E-state index is 13.7. The zero-order chi connectivity index (χ0) is 19.7. The lowest BCUT2D eigenvalue weighted by molar-refractivity contribution is -0.126. The molecule has 0 bridgehead atoms. The zero-order valence-electron chi connectivity index (χ0n) is 16.0. The summed E-state index contributed by atoms with van der Waals surface area (Å²) in [5.41, 5.74) is 2.19. The number of hydrogen-bond acceptors (Lipinski definition) is 2. The lowest BCUT2D eigenvalue weighted by Crippen LogP contribution is -2.48. The van der Waals surface area contributed by atoms with E-state index < -0.39 is 0 Å². The molecule has 28 heavy (non-hydrogen) atoms. The number of aryl methyl sites for hydroxylation is 1. The number of halogens is 1. The van der Waals surface area contributed by atoms with Crippen LogP contribution in [0.3, 0.4) is 0 Å². The summed E-state index contributed by atoms with van der Waals surface area (Å²) in [5, 5.41) is 3.08. The minimum Gasteiger partial charge on any atom is -0.353 e. The molecule has 2 aromatic rings. The van der Waals surface area contributed by atoms with E-state index >= 15 is 0 Å². The molecule has 1 N–H and O–H groups in total. The molecule has 0 unspecified atom stereocenters. The molecule has 0 radical (unpaired) electrons. The zero-order valence-corrected chi connectivity index (χ0v) is 16.0. The number of benzene rings is 2. The fourth-order valence-electron chi connectivity index (χ4n) is 3.93. The lowest BCUT2D eigenvalue weighted by atomic mass is 9.83. The molecule has 0 aromatic heterocycles. The van der Waals surface area contributed by atoms with Crippen LogP contribution >= 0.6 is 0 Å². The predicted octanol–water partition coefficient (Wildman–Crippen LogP) is 3.66. The van der Waals surface area contributed by atoms with Gasteiger partial charge in [0.25, 0.3) is 5.91 Å². The molecule has 4 nitrogen and oxygen atoms in total. The second-order valence-corrected chi connectivity index (χ2v) is 8.00. The van der Waals surface area contributed by atoms with Crippen molar-refractivity contribution in [3.63, 3.8) is 0 Å². The first kappa shape index (κ1) is 18.7. The largest absolute Gasteiger partial charge is 0.353 e. The van der Waals surface area contributed by atoms with E-state index in [0.29, 0.717) is 36.7 Å². The van der Waals surface area contributed by atoms with Crippen LogP contribution in [-0.2, 0) is 4.79 Å². The molecule has 0 spiro atoms. The van der Waals surface area contributed by atoms with Crippen LogP contribution in [-0.4, -0.2) is 35.8 Å². The average molecular weight is 380 g/mol. The number of likely N-dealkylation sites (tertiary alicyclic amines) is 1. The minimum absolute atomic E-state index is 0.00988. The van der Waals surface area contributed by atoms with Crippen molar-refractivity contribution in [3.8, 4) is 0 Å². The molecule has 1 aliphatic carbocycles. The van der Waals surface area contributed by atoms with Gasteiger partial charge in [-0.25, -0.2) is 4.39 Å².